The first-order valence-corrected chi connectivity index (χ1v) is 11.3. The minimum atomic E-state index is -0.573. The van der Waals surface area contributed by atoms with Crippen LogP contribution >= 0.6 is 0 Å². The van der Waals surface area contributed by atoms with Crippen molar-refractivity contribution in [2.24, 2.45) is 0 Å². The summed E-state index contributed by atoms with van der Waals surface area (Å²) in [6.45, 7) is 2.22. The van der Waals surface area contributed by atoms with Crippen LogP contribution in [0.3, 0.4) is 0 Å². The normalized spacial score (nSPS) is 15.2. The van der Waals surface area contributed by atoms with Gasteiger partial charge in [-0.25, -0.2) is 9.97 Å². The molecule has 1 saturated heterocycles. The van der Waals surface area contributed by atoms with Gasteiger partial charge in [0.15, 0.2) is 5.82 Å². The summed E-state index contributed by atoms with van der Waals surface area (Å²) in [5.41, 5.74) is 2.65. The Morgan fingerprint density at radius 3 is 2.67 bits per heavy atom. The number of hydrogen-bond donors (Lipinski definition) is 2. The molecule has 0 saturated carbocycles. The smallest absolute Gasteiger partial charge is 0.162 e. The van der Waals surface area contributed by atoms with Crippen LogP contribution in [0.2, 0.25) is 0 Å². The number of aromatic nitrogens is 3. The van der Waals surface area contributed by atoms with Crippen LogP contribution in [0.25, 0.3) is 22.6 Å². The molecule has 3 aromatic rings. The third-order valence-corrected chi connectivity index (χ3v) is 5.76. The number of anilines is 1. The molecule has 0 aliphatic carbocycles. The van der Waals surface area contributed by atoms with Gasteiger partial charge in [-0.15, -0.1) is 0 Å². The standard InChI is InChI=1S/C25H31N5O3/c1-26-16-21(31)17-33-22-5-3-4-19(14-22)23-15-24(30(2)20-8-12-32-13-9-20)29-25(28-23)18-6-10-27-11-7-18/h3-7,10-11,14-15,20-21,26,31H,8-9,12-13,16-17H2,1-2H3. The predicted molar refractivity (Wildman–Crippen MR) is 128 cm³/mol. The summed E-state index contributed by atoms with van der Waals surface area (Å²) in [6, 6.07) is 14.0. The van der Waals surface area contributed by atoms with E-state index in [1.165, 1.54) is 0 Å². The minimum Gasteiger partial charge on any atom is -0.491 e. The molecule has 0 amide bonds. The molecular weight excluding hydrogens is 418 g/mol. The van der Waals surface area contributed by atoms with Gasteiger partial charge in [0, 0.05) is 62.4 Å². The Morgan fingerprint density at radius 2 is 1.91 bits per heavy atom. The van der Waals surface area contributed by atoms with Crippen molar-refractivity contribution < 1.29 is 14.6 Å². The highest BCUT2D eigenvalue weighted by Crippen LogP contribution is 2.29. The van der Waals surface area contributed by atoms with Crippen LogP contribution in [0.1, 0.15) is 12.8 Å². The van der Waals surface area contributed by atoms with Gasteiger partial charge in [-0.1, -0.05) is 12.1 Å². The number of aliphatic hydroxyl groups excluding tert-OH is 1. The van der Waals surface area contributed by atoms with Crippen LogP contribution in [0, 0.1) is 0 Å². The highest BCUT2D eigenvalue weighted by atomic mass is 16.5. The Kier molecular flexibility index (Phi) is 7.83. The highest BCUT2D eigenvalue weighted by Gasteiger charge is 2.21. The molecule has 2 N–H and O–H groups in total. The zero-order valence-electron chi connectivity index (χ0n) is 19.1. The summed E-state index contributed by atoms with van der Waals surface area (Å²) >= 11 is 0. The molecule has 33 heavy (non-hydrogen) atoms. The molecule has 174 valence electrons. The van der Waals surface area contributed by atoms with Gasteiger partial charge < -0.3 is 24.8 Å². The number of benzene rings is 1. The first kappa shape index (κ1) is 23.1. The number of nitrogens with zero attached hydrogens (tertiary/aromatic N) is 4. The van der Waals surface area contributed by atoms with E-state index in [9.17, 15) is 5.11 Å². The monoisotopic (exact) mass is 449 g/mol. The maximum Gasteiger partial charge on any atom is 0.162 e. The Morgan fingerprint density at radius 1 is 1.12 bits per heavy atom. The van der Waals surface area contributed by atoms with Gasteiger partial charge in [0.1, 0.15) is 24.3 Å². The zero-order chi connectivity index (χ0) is 23.0. The van der Waals surface area contributed by atoms with E-state index in [-0.39, 0.29) is 6.61 Å². The minimum absolute atomic E-state index is 0.216. The summed E-state index contributed by atoms with van der Waals surface area (Å²) in [7, 11) is 3.88. The first-order valence-electron chi connectivity index (χ1n) is 11.3. The van der Waals surface area contributed by atoms with Crippen molar-refractivity contribution in [3.05, 3.63) is 54.9 Å². The lowest BCUT2D eigenvalue weighted by molar-refractivity contribution is 0.0853. The molecule has 3 heterocycles. The van der Waals surface area contributed by atoms with Crippen LogP contribution in [0.5, 0.6) is 5.75 Å². The number of aliphatic hydroxyl groups is 1. The maximum atomic E-state index is 9.95. The summed E-state index contributed by atoms with van der Waals surface area (Å²) in [4.78, 5) is 16.1. The quantitative estimate of drug-likeness (QED) is 0.515. The maximum absolute atomic E-state index is 9.95. The van der Waals surface area contributed by atoms with Crippen LogP contribution in [-0.4, -0.2) is 72.7 Å². The number of hydrogen-bond acceptors (Lipinski definition) is 8. The first-order chi connectivity index (χ1) is 16.1. The third-order valence-electron chi connectivity index (χ3n) is 5.76. The topological polar surface area (TPSA) is 92.6 Å². The summed E-state index contributed by atoms with van der Waals surface area (Å²) in [5.74, 6) is 2.21. The van der Waals surface area contributed by atoms with Gasteiger partial charge in [-0.3, -0.25) is 4.98 Å². The fourth-order valence-electron chi connectivity index (χ4n) is 3.88. The number of ether oxygens (including phenoxy) is 2. The molecule has 0 spiro atoms. The molecule has 1 atom stereocenters. The van der Waals surface area contributed by atoms with Gasteiger partial charge in [0.05, 0.1) is 5.69 Å². The second-order valence-electron chi connectivity index (χ2n) is 8.18. The van der Waals surface area contributed by atoms with E-state index in [4.69, 9.17) is 19.4 Å². The molecular formula is C25H31N5O3. The molecule has 8 heteroatoms. The van der Waals surface area contributed by atoms with Crippen molar-refractivity contribution in [2.45, 2.75) is 25.0 Å². The average Bonchev–Trinajstić information content (AvgIpc) is 2.88. The molecule has 8 nitrogen and oxygen atoms in total. The van der Waals surface area contributed by atoms with Crippen molar-refractivity contribution in [1.82, 2.24) is 20.3 Å². The molecule has 1 aromatic carbocycles. The van der Waals surface area contributed by atoms with Crippen molar-refractivity contribution in [3.63, 3.8) is 0 Å². The molecule has 1 unspecified atom stereocenters. The second-order valence-corrected chi connectivity index (χ2v) is 8.18. The van der Waals surface area contributed by atoms with Crippen molar-refractivity contribution in [3.8, 4) is 28.4 Å². The number of rotatable bonds is 9. The largest absolute Gasteiger partial charge is 0.491 e. The van der Waals surface area contributed by atoms with Crippen molar-refractivity contribution >= 4 is 5.82 Å². The van der Waals surface area contributed by atoms with Crippen LogP contribution in [0.4, 0.5) is 5.82 Å². The van der Waals surface area contributed by atoms with Crippen molar-refractivity contribution in [2.75, 3.05) is 45.4 Å². The molecule has 1 aliphatic rings. The Bertz CT molecular complexity index is 1030. The van der Waals surface area contributed by atoms with Gasteiger partial charge in [0.25, 0.3) is 0 Å². The number of nitrogens with one attached hydrogen (secondary N) is 1. The van der Waals surface area contributed by atoms with Crippen LogP contribution < -0.4 is 15.0 Å². The van der Waals surface area contributed by atoms with E-state index in [0.29, 0.717) is 24.2 Å². The van der Waals surface area contributed by atoms with E-state index in [1.54, 1.807) is 19.4 Å². The van der Waals surface area contributed by atoms with Crippen molar-refractivity contribution in [1.29, 1.82) is 0 Å². The Labute approximate surface area is 194 Å². The van der Waals surface area contributed by atoms with Gasteiger partial charge in [-0.2, -0.15) is 0 Å². The van der Waals surface area contributed by atoms with E-state index >= 15 is 0 Å². The fraction of sp³-hybridized carbons (Fsp3) is 0.400. The average molecular weight is 450 g/mol. The Balaban J connectivity index is 1.66. The van der Waals surface area contributed by atoms with Crippen LogP contribution in [0.15, 0.2) is 54.9 Å². The molecule has 2 aromatic heterocycles. The Hall–Kier alpha value is -3.07. The predicted octanol–water partition coefficient (Wildman–Crippen LogP) is 2.78. The molecule has 0 radical (unpaired) electrons. The van der Waals surface area contributed by atoms with Gasteiger partial charge in [0.2, 0.25) is 0 Å². The van der Waals surface area contributed by atoms with E-state index in [2.05, 4.69) is 22.2 Å². The van der Waals surface area contributed by atoms with Crippen LogP contribution in [-0.2, 0) is 4.74 Å². The third kappa shape index (κ3) is 6.04. The molecule has 0 bridgehead atoms. The number of pyridine rings is 1. The summed E-state index contributed by atoms with van der Waals surface area (Å²) < 4.78 is 11.3. The van der Waals surface area contributed by atoms with Gasteiger partial charge >= 0.3 is 0 Å². The lowest BCUT2D eigenvalue weighted by Gasteiger charge is -2.32. The van der Waals surface area contributed by atoms with E-state index < -0.39 is 6.10 Å². The SMILES string of the molecule is CNCC(O)COc1cccc(-c2cc(N(C)C3CCOCC3)nc(-c3ccncc3)n2)c1. The molecule has 4 rings (SSSR count). The lowest BCUT2D eigenvalue weighted by atomic mass is 10.1. The highest BCUT2D eigenvalue weighted by molar-refractivity contribution is 5.68. The molecule has 1 aliphatic heterocycles. The van der Waals surface area contributed by atoms with Gasteiger partial charge in [-0.05, 0) is 44.2 Å². The summed E-state index contributed by atoms with van der Waals surface area (Å²) in [6.07, 6.45) is 4.86. The zero-order valence-corrected chi connectivity index (χ0v) is 19.1. The number of likely N-dealkylation sites (N-methyl/N-ethyl adjacent to an activating group) is 1. The van der Waals surface area contributed by atoms with E-state index in [1.807, 2.05) is 42.5 Å². The lowest BCUT2D eigenvalue weighted by Crippen LogP contribution is -2.37. The fourth-order valence-corrected chi connectivity index (χ4v) is 3.88. The van der Waals surface area contributed by atoms with E-state index in [0.717, 1.165) is 48.7 Å². The second kappa shape index (κ2) is 11.2. The summed E-state index contributed by atoms with van der Waals surface area (Å²) in [5, 5.41) is 12.9. The molecule has 1 fully saturated rings.